The minimum atomic E-state index is -3.71. The summed E-state index contributed by atoms with van der Waals surface area (Å²) in [6, 6.07) is 7.46. The minimum absolute atomic E-state index is 0.168. The molecular formula is C18H22N6O2S. The van der Waals surface area contributed by atoms with E-state index in [-0.39, 0.29) is 4.90 Å². The zero-order valence-electron chi connectivity index (χ0n) is 15.5. The van der Waals surface area contributed by atoms with Gasteiger partial charge in [-0.05, 0) is 50.1 Å². The summed E-state index contributed by atoms with van der Waals surface area (Å²) in [4.78, 5) is 10.6. The molecule has 0 bridgehead atoms. The average molecular weight is 386 g/mol. The number of rotatable bonds is 7. The van der Waals surface area contributed by atoms with E-state index < -0.39 is 10.0 Å². The topological polar surface area (TPSA) is 104 Å². The summed E-state index contributed by atoms with van der Waals surface area (Å²) in [5.74, 6) is 0.766. The van der Waals surface area contributed by atoms with Crippen LogP contribution in [0.25, 0.3) is 0 Å². The van der Waals surface area contributed by atoms with Crippen LogP contribution < -0.4 is 9.62 Å². The van der Waals surface area contributed by atoms with Crippen LogP contribution in [0, 0.1) is 13.8 Å². The van der Waals surface area contributed by atoms with Crippen LogP contribution in [0.1, 0.15) is 17.0 Å². The summed E-state index contributed by atoms with van der Waals surface area (Å²) < 4.78 is 27.7. The maximum atomic E-state index is 12.6. The number of hydrogen-bond donors (Lipinski definition) is 2. The number of pyridine rings is 2. The Morgan fingerprint density at radius 1 is 1.15 bits per heavy atom. The Morgan fingerprint density at radius 3 is 2.48 bits per heavy atom. The lowest BCUT2D eigenvalue weighted by Crippen LogP contribution is -2.21. The second-order valence-electron chi connectivity index (χ2n) is 6.30. The number of anilines is 2. The first-order valence-electron chi connectivity index (χ1n) is 8.47. The van der Waals surface area contributed by atoms with Crippen LogP contribution in [-0.2, 0) is 16.4 Å². The molecule has 27 heavy (non-hydrogen) atoms. The van der Waals surface area contributed by atoms with E-state index in [0.717, 1.165) is 18.8 Å². The Balaban J connectivity index is 1.66. The van der Waals surface area contributed by atoms with Gasteiger partial charge in [0.05, 0.1) is 23.3 Å². The average Bonchev–Trinajstić information content (AvgIpc) is 3.00. The fourth-order valence-electron chi connectivity index (χ4n) is 2.78. The molecule has 142 valence electrons. The van der Waals surface area contributed by atoms with Gasteiger partial charge in [0.2, 0.25) is 0 Å². The van der Waals surface area contributed by atoms with E-state index in [0.29, 0.717) is 17.1 Å². The number of likely N-dealkylation sites (N-methyl/N-ethyl adjacent to an activating group) is 1. The molecule has 0 atom stereocenters. The third-order valence-corrected chi connectivity index (χ3v) is 5.85. The highest BCUT2D eigenvalue weighted by atomic mass is 32.2. The molecule has 8 nitrogen and oxygen atoms in total. The Morgan fingerprint density at radius 2 is 1.89 bits per heavy atom. The number of nitrogens with zero attached hydrogens (tertiary/aromatic N) is 4. The molecule has 3 heterocycles. The molecular weight excluding hydrogens is 364 g/mol. The summed E-state index contributed by atoms with van der Waals surface area (Å²) >= 11 is 0. The van der Waals surface area contributed by atoms with E-state index >= 15 is 0 Å². The zero-order chi connectivity index (χ0) is 19.4. The van der Waals surface area contributed by atoms with Crippen LogP contribution >= 0.6 is 0 Å². The monoisotopic (exact) mass is 386 g/mol. The fraction of sp³-hybridized carbons (Fsp3) is 0.278. The maximum Gasteiger partial charge on any atom is 0.265 e. The zero-order valence-corrected chi connectivity index (χ0v) is 16.3. The van der Waals surface area contributed by atoms with Crippen molar-refractivity contribution in [2.75, 3.05) is 23.2 Å². The van der Waals surface area contributed by atoms with E-state index in [1.165, 1.54) is 11.8 Å². The van der Waals surface area contributed by atoms with Crippen molar-refractivity contribution in [1.29, 1.82) is 0 Å². The summed E-state index contributed by atoms with van der Waals surface area (Å²) in [6.07, 6.45) is 5.94. The van der Waals surface area contributed by atoms with Gasteiger partial charge in [-0.3, -0.25) is 14.8 Å². The molecule has 0 aliphatic carbocycles. The number of H-pyrrole nitrogens is 1. The van der Waals surface area contributed by atoms with Crippen molar-refractivity contribution in [3.8, 4) is 0 Å². The Bertz CT molecular complexity index is 981. The van der Waals surface area contributed by atoms with Crippen LogP contribution in [0.2, 0.25) is 0 Å². The molecule has 0 aliphatic heterocycles. The Hall–Kier alpha value is -2.94. The molecule has 2 N–H and O–H groups in total. The van der Waals surface area contributed by atoms with E-state index in [4.69, 9.17) is 0 Å². The van der Waals surface area contributed by atoms with Crippen LogP contribution in [0.3, 0.4) is 0 Å². The molecule has 0 aromatic carbocycles. The molecule has 9 heteroatoms. The van der Waals surface area contributed by atoms with E-state index in [1.54, 1.807) is 38.4 Å². The Labute approximate surface area is 158 Å². The quantitative estimate of drug-likeness (QED) is 0.646. The highest BCUT2D eigenvalue weighted by Crippen LogP contribution is 2.21. The van der Waals surface area contributed by atoms with Crippen molar-refractivity contribution in [3.05, 3.63) is 59.8 Å². The van der Waals surface area contributed by atoms with Gasteiger partial charge in [0.1, 0.15) is 10.7 Å². The predicted molar refractivity (Wildman–Crippen MR) is 104 cm³/mol. The lowest BCUT2D eigenvalue weighted by Gasteiger charge is -2.18. The first-order valence-corrected chi connectivity index (χ1v) is 9.95. The van der Waals surface area contributed by atoms with Gasteiger partial charge in [0, 0.05) is 26.0 Å². The van der Waals surface area contributed by atoms with Gasteiger partial charge in [0.15, 0.2) is 0 Å². The molecule has 0 amide bonds. The molecule has 0 saturated carbocycles. The van der Waals surface area contributed by atoms with Gasteiger partial charge < -0.3 is 4.90 Å². The van der Waals surface area contributed by atoms with Crippen LogP contribution in [-0.4, -0.2) is 42.2 Å². The summed E-state index contributed by atoms with van der Waals surface area (Å²) in [5, 5.41) is 6.62. The van der Waals surface area contributed by atoms with Crippen molar-refractivity contribution >= 4 is 21.5 Å². The number of sulfonamides is 1. The van der Waals surface area contributed by atoms with Crippen molar-refractivity contribution in [1.82, 2.24) is 20.2 Å². The van der Waals surface area contributed by atoms with Crippen molar-refractivity contribution in [2.45, 2.75) is 25.2 Å². The van der Waals surface area contributed by atoms with Gasteiger partial charge in [-0.2, -0.15) is 5.10 Å². The van der Waals surface area contributed by atoms with Crippen LogP contribution in [0.5, 0.6) is 0 Å². The summed E-state index contributed by atoms with van der Waals surface area (Å²) in [5.41, 5.74) is 2.54. The first kappa shape index (κ1) is 18.8. The van der Waals surface area contributed by atoms with Crippen molar-refractivity contribution in [2.24, 2.45) is 0 Å². The van der Waals surface area contributed by atoms with E-state index in [2.05, 4.69) is 24.9 Å². The molecule has 3 rings (SSSR count). The number of hydrogen-bond acceptors (Lipinski definition) is 6. The van der Waals surface area contributed by atoms with Crippen molar-refractivity contribution < 1.29 is 8.42 Å². The number of nitrogens with one attached hydrogen (secondary N) is 2. The maximum absolute atomic E-state index is 12.6. The largest absolute Gasteiger partial charge is 0.359 e. The molecule has 0 unspecified atom stereocenters. The standard InChI is InChI=1S/C18H22N6O2S/c1-13-18(14(2)22-21-13)27(25,26)23-16-4-5-17(20-12-16)24(3)11-8-15-6-9-19-10-7-15/h4-7,9-10,12,23H,8,11H2,1-3H3,(H,21,22). The SMILES string of the molecule is Cc1n[nH]c(C)c1S(=O)(=O)Nc1ccc(N(C)CCc2ccncc2)nc1. The number of aromatic nitrogens is 4. The first-order chi connectivity index (χ1) is 12.9. The lowest BCUT2D eigenvalue weighted by atomic mass is 10.2. The molecule has 0 aliphatic rings. The van der Waals surface area contributed by atoms with Gasteiger partial charge in [-0.1, -0.05) is 0 Å². The van der Waals surface area contributed by atoms with E-state index in [1.807, 2.05) is 24.1 Å². The molecule has 3 aromatic rings. The second kappa shape index (κ2) is 7.75. The Kier molecular flexibility index (Phi) is 5.41. The highest BCUT2D eigenvalue weighted by molar-refractivity contribution is 7.92. The second-order valence-corrected chi connectivity index (χ2v) is 7.92. The fourth-order valence-corrected chi connectivity index (χ4v) is 4.19. The van der Waals surface area contributed by atoms with Gasteiger partial charge in [0.25, 0.3) is 10.0 Å². The molecule has 0 radical (unpaired) electrons. The minimum Gasteiger partial charge on any atom is -0.359 e. The predicted octanol–water partition coefficient (Wildman–Crippen LogP) is 2.30. The number of aryl methyl sites for hydroxylation is 2. The van der Waals surface area contributed by atoms with Gasteiger partial charge >= 0.3 is 0 Å². The van der Waals surface area contributed by atoms with E-state index in [9.17, 15) is 8.42 Å². The molecule has 0 fully saturated rings. The van der Waals surface area contributed by atoms with Crippen LogP contribution in [0.4, 0.5) is 11.5 Å². The lowest BCUT2D eigenvalue weighted by molar-refractivity contribution is 0.600. The van der Waals surface area contributed by atoms with Gasteiger partial charge in [-0.15, -0.1) is 0 Å². The normalized spacial score (nSPS) is 11.4. The molecule has 0 spiro atoms. The number of aromatic amines is 1. The third kappa shape index (κ3) is 4.43. The van der Waals surface area contributed by atoms with Crippen molar-refractivity contribution in [3.63, 3.8) is 0 Å². The van der Waals surface area contributed by atoms with Crippen LogP contribution in [0.15, 0.2) is 47.8 Å². The van der Waals surface area contributed by atoms with Gasteiger partial charge in [-0.25, -0.2) is 13.4 Å². The third-order valence-electron chi connectivity index (χ3n) is 4.21. The summed E-state index contributed by atoms with van der Waals surface area (Å²) in [7, 11) is -1.76. The molecule has 0 saturated heterocycles. The molecule has 3 aromatic heterocycles. The summed E-state index contributed by atoms with van der Waals surface area (Å²) in [6.45, 7) is 4.11. The smallest absolute Gasteiger partial charge is 0.265 e. The highest BCUT2D eigenvalue weighted by Gasteiger charge is 2.22.